The Kier molecular flexibility index (Phi) is 6.89. The maximum Gasteiger partial charge on any atom is 0.185 e. The van der Waals surface area contributed by atoms with E-state index in [4.69, 9.17) is 0 Å². The van der Waals surface area contributed by atoms with Crippen molar-refractivity contribution < 1.29 is 4.79 Å². The van der Waals surface area contributed by atoms with Gasteiger partial charge in [0.2, 0.25) is 0 Å². The number of pyridine rings is 2. The third-order valence-electron chi connectivity index (χ3n) is 5.81. The van der Waals surface area contributed by atoms with Gasteiger partial charge < -0.3 is 9.80 Å². The minimum atomic E-state index is 0.215. The van der Waals surface area contributed by atoms with Gasteiger partial charge in [-0.15, -0.1) is 0 Å². The molecule has 1 aliphatic heterocycles. The lowest BCUT2D eigenvalue weighted by atomic mass is 10.1. The summed E-state index contributed by atoms with van der Waals surface area (Å²) in [6.07, 6.45) is 5.93. The fourth-order valence-electron chi connectivity index (χ4n) is 3.86. The molecule has 0 amide bonds. The molecule has 164 valence electrons. The molecule has 31 heavy (non-hydrogen) atoms. The van der Waals surface area contributed by atoms with Crippen molar-refractivity contribution in [3.63, 3.8) is 0 Å². The first-order chi connectivity index (χ1) is 15.1. The molecule has 0 aromatic carbocycles. The van der Waals surface area contributed by atoms with Crippen LogP contribution in [0.1, 0.15) is 19.5 Å². The van der Waals surface area contributed by atoms with Crippen molar-refractivity contribution in [2.24, 2.45) is 0 Å². The van der Waals surface area contributed by atoms with E-state index in [1.807, 2.05) is 18.5 Å². The number of hydrogen-bond acceptors (Lipinski definition) is 8. The molecule has 0 spiro atoms. The molecule has 7 nitrogen and oxygen atoms in total. The maximum atomic E-state index is 12.6. The van der Waals surface area contributed by atoms with Gasteiger partial charge >= 0.3 is 0 Å². The standard InChI is InChI=1S/C23H30N6OS/c1-4-29(5-2)23-26-15-22(31-23)18-10-17-11-19(24-14-21(17)25-13-18)12-20(30)16-28-8-6-27(3)7-9-28/h10-11,13-15H,4-9,12,16H2,1-3H3. The predicted molar refractivity (Wildman–Crippen MR) is 127 cm³/mol. The number of likely N-dealkylation sites (N-methyl/N-ethyl adjacent to an activating group) is 1. The van der Waals surface area contributed by atoms with Crippen LogP contribution in [0.3, 0.4) is 0 Å². The molecule has 3 aromatic rings. The first kappa shape index (κ1) is 21.8. The van der Waals surface area contributed by atoms with Gasteiger partial charge in [-0.2, -0.15) is 0 Å². The molecule has 0 atom stereocenters. The maximum absolute atomic E-state index is 12.6. The third kappa shape index (κ3) is 5.26. The van der Waals surface area contributed by atoms with Crippen LogP contribution in [0.15, 0.2) is 30.7 Å². The van der Waals surface area contributed by atoms with E-state index in [1.165, 1.54) is 0 Å². The van der Waals surface area contributed by atoms with Crippen molar-refractivity contribution in [3.8, 4) is 10.4 Å². The van der Waals surface area contributed by atoms with Gasteiger partial charge in [0.15, 0.2) is 10.9 Å². The van der Waals surface area contributed by atoms with E-state index in [0.717, 1.165) is 71.4 Å². The summed E-state index contributed by atoms with van der Waals surface area (Å²) in [5, 5.41) is 2.04. The van der Waals surface area contributed by atoms with Gasteiger partial charge in [0.1, 0.15) is 0 Å². The second-order valence-corrected chi connectivity index (χ2v) is 9.08. The Morgan fingerprint density at radius 2 is 1.81 bits per heavy atom. The topological polar surface area (TPSA) is 65.5 Å². The average molecular weight is 439 g/mol. The zero-order valence-corrected chi connectivity index (χ0v) is 19.4. The Morgan fingerprint density at radius 3 is 2.55 bits per heavy atom. The quantitative estimate of drug-likeness (QED) is 0.536. The number of Topliss-reactive ketones (excluding diaryl/α,β-unsaturated/α-hetero) is 1. The number of aromatic nitrogens is 3. The Morgan fingerprint density at radius 1 is 1.03 bits per heavy atom. The monoisotopic (exact) mass is 438 g/mol. The number of piperazine rings is 1. The predicted octanol–water partition coefficient (Wildman–Crippen LogP) is 2.96. The number of fused-ring (bicyclic) bond motifs is 1. The minimum absolute atomic E-state index is 0.215. The number of carbonyl (C=O) groups is 1. The molecular weight excluding hydrogens is 408 g/mol. The Labute approximate surface area is 187 Å². The normalized spacial score (nSPS) is 15.5. The molecule has 0 N–H and O–H groups in total. The van der Waals surface area contributed by atoms with Crippen LogP contribution in [0, 0.1) is 0 Å². The summed E-state index contributed by atoms with van der Waals surface area (Å²) in [4.78, 5) is 34.1. The number of nitrogens with zero attached hydrogens (tertiary/aromatic N) is 6. The Bertz CT molecular complexity index is 1040. The largest absolute Gasteiger partial charge is 0.349 e. The molecule has 3 aromatic heterocycles. The summed E-state index contributed by atoms with van der Waals surface area (Å²) in [5.41, 5.74) is 2.69. The molecule has 1 saturated heterocycles. The lowest BCUT2D eigenvalue weighted by molar-refractivity contribution is -0.120. The summed E-state index contributed by atoms with van der Waals surface area (Å²) >= 11 is 1.68. The number of thiazole rings is 1. The van der Waals surface area contributed by atoms with E-state index in [2.05, 4.69) is 56.6 Å². The molecule has 4 rings (SSSR count). The van der Waals surface area contributed by atoms with Crippen molar-refractivity contribution in [1.82, 2.24) is 24.8 Å². The summed E-state index contributed by atoms with van der Waals surface area (Å²) < 4.78 is 0. The summed E-state index contributed by atoms with van der Waals surface area (Å²) in [7, 11) is 2.12. The van der Waals surface area contributed by atoms with E-state index in [0.29, 0.717) is 13.0 Å². The lowest BCUT2D eigenvalue weighted by Gasteiger charge is -2.31. The molecule has 0 unspecified atom stereocenters. The first-order valence-electron chi connectivity index (χ1n) is 10.9. The van der Waals surface area contributed by atoms with Gasteiger partial charge in [0, 0.05) is 68.3 Å². The fourth-order valence-corrected chi connectivity index (χ4v) is 4.88. The zero-order chi connectivity index (χ0) is 21.8. The number of carbonyl (C=O) groups excluding carboxylic acids is 1. The van der Waals surface area contributed by atoms with Crippen LogP contribution < -0.4 is 4.90 Å². The molecule has 1 aliphatic rings. The van der Waals surface area contributed by atoms with Gasteiger partial charge in [0.25, 0.3) is 0 Å². The second kappa shape index (κ2) is 9.80. The van der Waals surface area contributed by atoms with Gasteiger partial charge in [-0.3, -0.25) is 19.7 Å². The van der Waals surface area contributed by atoms with Gasteiger partial charge in [-0.25, -0.2) is 4.98 Å². The van der Waals surface area contributed by atoms with Crippen LogP contribution in [0.2, 0.25) is 0 Å². The van der Waals surface area contributed by atoms with Gasteiger partial charge in [-0.1, -0.05) is 11.3 Å². The smallest absolute Gasteiger partial charge is 0.185 e. The summed E-state index contributed by atoms with van der Waals surface area (Å²) in [5.74, 6) is 0.215. The van der Waals surface area contributed by atoms with Crippen LogP contribution >= 0.6 is 11.3 Å². The van der Waals surface area contributed by atoms with Crippen molar-refractivity contribution in [2.75, 3.05) is 57.8 Å². The van der Waals surface area contributed by atoms with Crippen molar-refractivity contribution in [2.45, 2.75) is 20.3 Å². The van der Waals surface area contributed by atoms with Crippen molar-refractivity contribution in [3.05, 3.63) is 36.4 Å². The minimum Gasteiger partial charge on any atom is -0.349 e. The molecule has 0 bridgehead atoms. The Hall–Kier alpha value is -2.42. The van der Waals surface area contributed by atoms with Crippen LogP contribution in [0.4, 0.5) is 5.13 Å². The number of rotatable bonds is 8. The molecular formula is C23H30N6OS. The third-order valence-corrected chi connectivity index (χ3v) is 6.92. The second-order valence-electron chi connectivity index (χ2n) is 8.07. The van der Waals surface area contributed by atoms with Crippen LogP contribution in [-0.2, 0) is 11.2 Å². The zero-order valence-electron chi connectivity index (χ0n) is 18.5. The highest BCUT2D eigenvalue weighted by Crippen LogP contribution is 2.32. The van der Waals surface area contributed by atoms with E-state index in [1.54, 1.807) is 17.5 Å². The number of ketones is 1. The molecule has 4 heterocycles. The Balaban J connectivity index is 1.48. The highest BCUT2D eigenvalue weighted by Gasteiger charge is 2.17. The number of anilines is 1. The molecule has 0 saturated carbocycles. The van der Waals surface area contributed by atoms with Crippen LogP contribution in [-0.4, -0.2) is 83.4 Å². The van der Waals surface area contributed by atoms with Crippen LogP contribution in [0.5, 0.6) is 0 Å². The van der Waals surface area contributed by atoms with Crippen LogP contribution in [0.25, 0.3) is 21.3 Å². The number of hydrogen-bond donors (Lipinski definition) is 0. The molecule has 8 heteroatoms. The molecule has 1 fully saturated rings. The highest BCUT2D eigenvalue weighted by atomic mass is 32.1. The summed E-state index contributed by atoms with van der Waals surface area (Å²) in [6, 6.07) is 4.12. The van der Waals surface area contributed by atoms with E-state index >= 15 is 0 Å². The first-order valence-corrected chi connectivity index (χ1v) is 11.8. The molecule has 0 aliphatic carbocycles. The van der Waals surface area contributed by atoms with E-state index in [9.17, 15) is 4.79 Å². The summed E-state index contributed by atoms with van der Waals surface area (Å²) in [6.45, 7) is 10.6. The van der Waals surface area contributed by atoms with Gasteiger partial charge in [-0.05, 0) is 33.0 Å². The SMILES string of the molecule is CCN(CC)c1ncc(-c2cnc3cnc(CC(=O)CN4CCN(C)CC4)cc3c2)s1. The van der Waals surface area contributed by atoms with Crippen molar-refractivity contribution in [1.29, 1.82) is 0 Å². The lowest BCUT2D eigenvalue weighted by Crippen LogP contribution is -2.46. The van der Waals surface area contributed by atoms with Crippen molar-refractivity contribution >= 4 is 33.2 Å². The van der Waals surface area contributed by atoms with E-state index in [-0.39, 0.29) is 5.78 Å². The average Bonchev–Trinajstić information content (AvgIpc) is 3.26. The van der Waals surface area contributed by atoms with E-state index < -0.39 is 0 Å². The molecule has 0 radical (unpaired) electrons. The fraction of sp³-hybridized carbons (Fsp3) is 0.478. The highest BCUT2D eigenvalue weighted by molar-refractivity contribution is 7.18. The van der Waals surface area contributed by atoms with Gasteiger partial charge in [0.05, 0.1) is 29.6 Å².